The van der Waals surface area contributed by atoms with Crippen LogP contribution in [0.4, 0.5) is 0 Å². The average molecular weight is 264 g/mol. The van der Waals surface area contributed by atoms with Crippen molar-refractivity contribution in [2.75, 3.05) is 12.8 Å². The lowest BCUT2D eigenvalue weighted by molar-refractivity contribution is 0.684. The molecule has 0 amide bonds. The second-order valence-corrected chi connectivity index (χ2v) is 4.74. The van der Waals surface area contributed by atoms with Crippen molar-refractivity contribution < 1.29 is 4.21 Å². The van der Waals surface area contributed by atoms with Gasteiger partial charge >= 0.3 is 0 Å². The molecule has 0 heterocycles. The maximum atomic E-state index is 11.2. The Morgan fingerprint density at radius 1 is 1.31 bits per heavy atom. The molecule has 0 radical (unpaired) electrons. The number of nitrogens with two attached hydrogens (primary N) is 1. The highest BCUT2D eigenvalue weighted by atomic mass is 79.9. The molecule has 1 aromatic rings. The van der Waals surface area contributed by atoms with Gasteiger partial charge in [0.15, 0.2) is 0 Å². The van der Waals surface area contributed by atoms with Gasteiger partial charge in [-0.3, -0.25) is 4.21 Å². The molecular weight excluding hydrogens is 250 g/mol. The second kappa shape index (κ2) is 7.24. The lowest BCUT2D eigenvalue weighted by Gasteiger charge is -1.97. The van der Waals surface area contributed by atoms with Crippen LogP contribution in [-0.4, -0.2) is 17.0 Å². The highest BCUT2D eigenvalue weighted by molar-refractivity contribution is 9.10. The van der Waals surface area contributed by atoms with E-state index < -0.39 is 10.8 Å². The van der Waals surface area contributed by atoms with Gasteiger partial charge < -0.3 is 5.73 Å². The van der Waals surface area contributed by atoms with Crippen molar-refractivity contribution in [1.29, 1.82) is 0 Å². The van der Waals surface area contributed by atoms with Crippen molar-refractivity contribution in [2.24, 2.45) is 5.73 Å². The Labute approximate surface area is 90.1 Å². The van der Waals surface area contributed by atoms with Crippen molar-refractivity contribution in [1.82, 2.24) is 0 Å². The molecular formula is C9H14BrNOS. The number of halogens is 1. The summed E-state index contributed by atoms with van der Waals surface area (Å²) in [7, 11) is 0.681. The van der Waals surface area contributed by atoms with Gasteiger partial charge in [-0.25, -0.2) is 0 Å². The van der Waals surface area contributed by atoms with E-state index >= 15 is 0 Å². The van der Waals surface area contributed by atoms with Crippen LogP contribution >= 0.6 is 15.9 Å². The summed E-state index contributed by atoms with van der Waals surface area (Å²) in [6.45, 7) is 1.91. The third-order valence-corrected chi connectivity index (χ3v) is 3.19. The number of rotatable bonds is 2. The molecule has 4 heteroatoms. The first kappa shape index (κ1) is 12.8. The van der Waals surface area contributed by atoms with E-state index in [0.717, 1.165) is 9.37 Å². The summed E-state index contributed by atoms with van der Waals surface area (Å²) in [5.74, 6) is 0.682. The summed E-state index contributed by atoms with van der Waals surface area (Å²) in [5.41, 5.74) is 4.50. The van der Waals surface area contributed by atoms with E-state index in [1.165, 1.54) is 7.05 Å². The third kappa shape index (κ3) is 4.55. The molecule has 0 spiro atoms. The summed E-state index contributed by atoms with van der Waals surface area (Å²) in [6.07, 6.45) is 0. The molecule has 0 saturated carbocycles. The van der Waals surface area contributed by atoms with E-state index in [1.54, 1.807) is 0 Å². The van der Waals surface area contributed by atoms with E-state index in [9.17, 15) is 4.21 Å². The largest absolute Gasteiger partial charge is 0.333 e. The summed E-state index contributed by atoms with van der Waals surface area (Å²) in [4.78, 5) is 0.899. The van der Waals surface area contributed by atoms with Gasteiger partial charge in [-0.15, -0.1) is 0 Å². The minimum absolute atomic E-state index is 0.682. The number of benzene rings is 1. The van der Waals surface area contributed by atoms with Crippen LogP contribution in [0.5, 0.6) is 0 Å². The van der Waals surface area contributed by atoms with Gasteiger partial charge in [0.25, 0.3) is 0 Å². The summed E-state index contributed by atoms with van der Waals surface area (Å²) >= 11 is 3.32. The predicted molar refractivity (Wildman–Crippen MR) is 61.2 cm³/mol. The predicted octanol–water partition coefficient (Wildman–Crippen LogP) is 2.15. The Bertz CT molecular complexity index is 261. The number of hydrogen-bond acceptors (Lipinski definition) is 2. The minimum atomic E-state index is -0.819. The molecule has 0 aliphatic carbocycles. The quantitative estimate of drug-likeness (QED) is 0.889. The van der Waals surface area contributed by atoms with Crippen LogP contribution < -0.4 is 5.73 Å². The molecule has 74 valence electrons. The average Bonchev–Trinajstić information content (AvgIpc) is 2.21. The van der Waals surface area contributed by atoms with Gasteiger partial charge in [-0.1, -0.05) is 22.9 Å². The zero-order valence-electron chi connectivity index (χ0n) is 7.79. The molecule has 1 atom stereocenters. The lowest BCUT2D eigenvalue weighted by Crippen LogP contribution is -1.92. The maximum Gasteiger partial charge on any atom is 0.0526 e. The lowest BCUT2D eigenvalue weighted by atomic mass is 10.4. The Hall–Kier alpha value is -0.190. The summed E-state index contributed by atoms with van der Waals surface area (Å²) < 4.78 is 12.2. The van der Waals surface area contributed by atoms with Crippen molar-refractivity contribution in [3.05, 3.63) is 28.7 Å². The molecule has 1 rings (SSSR count). The van der Waals surface area contributed by atoms with Crippen LogP contribution in [0.3, 0.4) is 0 Å². The molecule has 0 bridgehead atoms. The SMILES string of the molecule is CCS(=O)c1ccc(Br)cc1.CN. The van der Waals surface area contributed by atoms with Crippen molar-refractivity contribution >= 4 is 26.7 Å². The van der Waals surface area contributed by atoms with Crippen LogP contribution in [-0.2, 0) is 10.8 Å². The fourth-order valence-corrected chi connectivity index (χ4v) is 1.79. The normalized spacial score (nSPS) is 11.4. The first-order valence-corrected chi connectivity index (χ1v) is 6.07. The van der Waals surface area contributed by atoms with Crippen LogP contribution in [0.1, 0.15) is 6.92 Å². The van der Waals surface area contributed by atoms with Gasteiger partial charge in [0.05, 0.1) is 10.8 Å². The maximum absolute atomic E-state index is 11.2. The molecule has 1 unspecified atom stereocenters. The molecule has 13 heavy (non-hydrogen) atoms. The topological polar surface area (TPSA) is 43.1 Å². The fraction of sp³-hybridized carbons (Fsp3) is 0.333. The molecule has 0 aromatic heterocycles. The van der Waals surface area contributed by atoms with Gasteiger partial charge in [-0.05, 0) is 31.3 Å². The van der Waals surface area contributed by atoms with E-state index in [2.05, 4.69) is 21.7 Å². The molecule has 0 aliphatic rings. The fourth-order valence-electron chi connectivity index (χ4n) is 0.753. The molecule has 0 aliphatic heterocycles. The Kier molecular flexibility index (Phi) is 7.13. The molecule has 2 nitrogen and oxygen atoms in total. The van der Waals surface area contributed by atoms with Crippen LogP contribution in [0.2, 0.25) is 0 Å². The van der Waals surface area contributed by atoms with Gasteiger partial charge in [0.1, 0.15) is 0 Å². The molecule has 0 saturated heterocycles. The Morgan fingerprint density at radius 2 is 1.77 bits per heavy atom. The molecule has 2 N–H and O–H groups in total. The van der Waals surface area contributed by atoms with Crippen LogP contribution in [0, 0.1) is 0 Å². The van der Waals surface area contributed by atoms with E-state index in [1.807, 2.05) is 31.2 Å². The third-order valence-electron chi connectivity index (χ3n) is 1.34. The van der Waals surface area contributed by atoms with Gasteiger partial charge in [-0.2, -0.15) is 0 Å². The molecule has 1 aromatic carbocycles. The zero-order valence-corrected chi connectivity index (χ0v) is 10.2. The van der Waals surface area contributed by atoms with Crippen molar-refractivity contribution in [3.63, 3.8) is 0 Å². The highest BCUT2D eigenvalue weighted by Gasteiger charge is 1.98. The summed E-state index contributed by atoms with van der Waals surface area (Å²) in [6, 6.07) is 7.57. The zero-order chi connectivity index (χ0) is 10.3. The monoisotopic (exact) mass is 263 g/mol. The van der Waals surface area contributed by atoms with Gasteiger partial charge in [0, 0.05) is 15.1 Å². The smallest absolute Gasteiger partial charge is 0.0526 e. The van der Waals surface area contributed by atoms with Crippen LogP contribution in [0.25, 0.3) is 0 Å². The molecule has 0 fully saturated rings. The standard InChI is InChI=1S/C8H9BrOS.CH5N/c1-2-11(10)8-5-3-7(9)4-6-8;1-2/h3-6H,2H2,1H3;2H2,1H3. The number of hydrogen-bond donors (Lipinski definition) is 1. The second-order valence-electron chi connectivity index (χ2n) is 2.09. The first-order chi connectivity index (χ1) is 6.24. The Morgan fingerprint density at radius 3 is 2.15 bits per heavy atom. The van der Waals surface area contributed by atoms with E-state index in [-0.39, 0.29) is 0 Å². The van der Waals surface area contributed by atoms with Crippen molar-refractivity contribution in [2.45, 2.75) is 11.8 Å². The minimum Gasteiger partial charge on any atom is -0.333 e. The first-order valence-electron chi connectivity index (χ1n) is 3.95. The highest BCUT2D eigenvalue weighted by Crippen LogP contribution is 2.13. The van der Waals surface area contributed by atoms with E-state index in [4.69, 9.17) is 0 Å². The van der Waals surface area contributed by atoms with Crippen molar-refractivity contribution in [3.8, 4) is 0 Å². The summed E-state index contributed by atoms with van der Waals surface area (Å²) in [5, 5.41) is 0. The Balaban J connectivity index is 0.000000671. The van der Waals surface area contributed by atoms with Crippen LogP contribution in [0.15, 0.2) is 33.6 Å². The van der Waals surface area contributed by atoms with Gasteiger partial charge in [0.2, 0.25) is 0 Å². The van der Waals surface area contributed by atoms with E-state index in [0.29, 0.717) is 5.75 Å².